The number of nitrogens with zero attached hydrogens (tertiary/aromatic N) is 8. The Labute approximate surface area is 291 Å². The number of carbonyl (C=O) groups is 3. The molecule has 3 aromatic carbocycles. The Morgan fingerprint density at radius 3 is 2.56 bits per heavy atom. The quantitative estimate of drug-likeness (QED) is 0.244. The zero-order valence-corrected chi connectivity index (χ0v) is 27.9. The van der Waals surface area contributed by atoms with Crippen molar-refractivity contribution in [2.75, 3.05) is 38.0 Å². The molecular weight excluding hydrogens is 663 g/mol. The van der Waals surface area contributed by atoms with Crippen LogP contribution in [0.5, 0.6) is 0 Å². The summed E-state index contributed by atoms with van der Waals surface area (Å²) in [6.45, 7) is 4.20. The highest BCUT2D eigenvalue weighted by Crippen LogP contribution is 2.37. The van der Waals surface area contributed by atoms with Crippen LogP contribution < -0.4 is 5.32 Å². The number of benzene rings is 3. The highest BCUT2D eigenvalue weighted by molar-refractivity contribution is 6.30. The molecule has 0 bridgehead atoms. The van der Waals surface area contributed by atoms with Crippen molar-refractivity contribution in [3.63, 3.8) is 0 Å². The van der Waals surface area contributed by atoms with Gasteiger partial charge in [0.2, 0.25) is 17.7 Å². The van der Waals surface area contributed by atoms with Gasteiger partial charge in [-0.05, 0) is 77.0 Å². The molecule has 2 aliphatic rings. The monoisotopic (exact) mass is 696 g/mol. The van der Waals surface area contributed by atoms with Crippen LogP contribution in [0.15, 0.2) is 79.3 Å². The second kappa shape index (κ2) is 14.2. The van der Waals surface area contributed by atoms with E-state index in [0.29, 0.717) is 54.6 Å². The molecule has 2 aliphatic heterocycles. The Morgan fingerprint density at radius 2 is 1.82 bits per heavy atom. The minimum absolute atomic E-state index is 0.0202. The molecule has 7 rings (SSSR count). The predicted octanol–water partition coefficient (Wildman–Crippen LogP) is 3.90. The van der Waals surface area contributed by atoms with E-state index >= 15 is 0 Å². The number of tetrazole rings is 1. The van der Waals surface area contributed by atoms with Crippen LogP contribution in [0.3, 0.4) is 0 Å². The van der Waals surface area contributed by atoms with Crippen LogP contribution in [0.1, 0.15) is 30.4 Å². The maximum atomic E-state index is 14.4. The van der Waals surface area contributed by atoms with Gasteiger partial charge in [-0.2, -0.15) is 9.78 Å². The molecule has 0 radical (unpaired) electrons. The first-order valence-corrected chi connectivity index (χ1v) is 16.6. The fourth-order valence-corrected chi connectivity index (χ4v) is 7.11. The van der Waals surface area contributed by atoms with E-state index in [1.165, 1.54) is 29.2 Å². The second-order valence-corrected chi connectivity index (χ2v) is 12.9. The number of likely N-dealkylation sites (tertiary alicyclic amines) is 1. The first-order valence-electron chi connectivity index (χ1n) is 16.2. The number of nitrogens with one attached hydrogen (secondary N) is 2. The molecule has 2 saturated heterocycles. The Kier molecular flexibility index (Phi) is 9.37. The smallest absolute Gasteiger partial charge is 0.247 e. The summed E-state index contributed by atoms with van der Waals surface area (Å²) in [5, 5.41) is 22.7. The molecule has 0 spiro atoms. The van der Waals surface area contributed by atoms with Gasteiger partial charge in [-0.25, -0.2) is 4.39 Å². The molecule has 3 amide bonds. The van der Waals surface area contributed by atoms with Gasteiger partial charge in [0.25, 0.3) is 0 Å². The first kappa shape index (κ1) is 33.0. The van der Waals surface area contributed by atoms with E-state index in [-0.39, 0.29) is 24.4 Å². The van der Waals surface area contributed by atoms with E-state index in [2.05, 4.69) is 35.9 Å². The van der Waals surface area contributed by atoms with E-state index in [9.17, 15) is 18.8 Å². The van der Waals surface area contributed by atoms with Crippen molar-refractivity contribution in [3.05, 3.63) is 101 Å². The van der Waals surface area contributed by atoms with Crippen LogP contribution in [-0.4, -0.2) is 108 Å². The molecule has 0 saturated carbocycles. The molecule has 0 unspecified atom stereocenters. The van der Waals surface area contributed by atoms with Crippen LogP contribution in [0, 0.1) is 5.82 Å². The molecule has 2 N–H and O–H groups in total. The van der Waals surface area contributed by atoms with Crippen LogP contribution in [0.4, 0.5) is 10.1 Å². The van der Waals surface area contributed by atoms with Gasteiger partial charge < -0.3 is 15.1 Å². The number of H-pyrrole nitrogens is 1. The van der Waals surface area contributed by atoms with Gasteiger partial charge in [0.1, 0.15) is 18.2 Å². The number of hydrogen-bond acceptors (Lipinski definition) is 8. The second-order valence-electron chi connectivity index (χ2n) is 12.5. The first-order chi connectivity index (χ1) is 24.2. The number of carbonyl (C=O) groups excluding carboxylic acids is 3. The van der Waals surface area contributed by atoms with Crippen molar-refractivity contribution in [2.45, 2.75) is 31.3 Å². The number of aromatic nitrogens is 6. The molecule has 2 aromatic heterocycles. The molecule has 50 heavy (non-hydrogen) atoms. The molecule has 3 atom stereocenters. The molecule has 0 aliphatic carbocycles. The van der Waals surface area contributed by atoms with Gasteiger partial charge in [-0.15, -0.1) is 5.10 Å². The number of amides is 3. The van der Waals surface area contributed by atoms with E-state index in [1.54, 1.807) is 60.5 Å². The molecule has 256 valence electrons. The lowest BCUT2D eigenvalue weighted by Gasteiger charge is -2.48. The lowest BCUT2D eigenvalue weighted by molar-refractivity contribution is -0.140. The lowest BCUT2D eigenvalue weighted by atomic mass is 9.80. The minimum Gasteiger partial charge on any atom is -0.340 e. The van der Waals surface area contributed by atoms with E-state index < -0.39 is 23.7 Å². The maximum Gasteiger partial charge on any atom is 0.247 e. The van der Waals surface area contributed by atoms with Crippen LogP contribution in [0.2, 0.25) is 5.02 Å². The van der Waals surface area contributed by atoms with Crippen molar-refractivity contribution in [1.82, 2.24) is 45.1 Å². The third kappa shape index (κ3) is 6.98. The predicted molar refractivity (Wildman–Crippen MR) is 185 cm³/mol. The van der Waals surface area contributed by atoms with Crippen molar-refractivity contribution >= 4 is 52.0 Å². The van der Waals surface area contributed by atoms with Gasteiger partial charge in [-0.3, -0.25) is 24.4 Å². The molecule has 15 heteroatoms. The fraction of sp³-hybridized carbons (Fsp3) is 0.286. The van der Waals surface area contributed by atoms with Gasteiger partial charge >= 0.3 is 0 Å². The van der Waals surface area contributed by atoms with Crippen LogP contribution in [0.25, 0.3) is 22.7 Å². The summed E-state index contributed by atoms with van der Waals surface area (Å²) < 4.78 is 15.6. The summed E-state index contributed by atoms with van der Waals surface area (Å²) in [6, 6.07) is 15.6. The summed E-state index contributed by atoms with van der Waals surface area (Å²) in [4.78, 5) is 46.6. The molecule has 13 nitrogen and oxygen atoms in total. The minimum atomic E-state index is -0.939. The van der Waals surface area contributed by atoms with Gasteiger partial charge in [-0.1, -0.05) is 23.7 Å². The number of hydrogen-bond donors (Lipinski definition) is 2. The molecule has 2 fully saturated rings. The van der Waals surface area contributed by atoms with Gasteiger partial charge in [0.05, 0.1) is 17.4 Å². The summed E-state index contributed by atoms with van der Waals surface area (Å²) in [5.41, 5.74) is 3.31. The number of piperazine rings is 1. The van der Waals surface area contributed by atoms with Crippen molar-refractivity contribution in [3.8, 4) is 5.69 Å². The van der Waals surface area contributed by atoms with Crippen molar-refractivity contribution in [2.24, 2.45) is 0 Å². The molecule has 5 aromatic rings. The zero-order chi connectivity index (χ0) is 34.8. The lowest BCUT2D eigenvalue weighted by Crippen LogP contribution is -2.62. The number of fused-ring (bicyclic) bond motifs is 1. The van der Waals surface area contributed by atoms with Crippen molar-refractivity contribution in [1.29, 1.82) is 0 Å². The largest absolute Gasteiger partial charge is 0.340 e. The summed E-state index contributed by atoms with van der Waals surface area (Å²) in [6.07, 6.45) is 6.71. The van der Waals surface area contributed by atoms with Crippen LogP contribution in [-0.2, 0) is 14.4 Å². The van der Waals surface area contributed by atoms with E-state index in [4.69, 9.17) is 11.6 Å². The number of rotatable bonds is 7. The zero-order valence-electron chi connectivity index (χ0n) is 27.1. The number of anilines is 1. The Hall–Kier alpha value is -5.47. The van der Waals surface area contributed by atoms with Gasteiger partial charge in [0, 0.05) is 79.3 Å². The third-order valence-corrected chi connectivity index (χ3v) is 9.71. The topological polar surface area (TPSA) is 145 Å². The van der Waals surface area contributed by atoms with E-state index in [1.807, 2.05) is 17.0 Å². The summed E-state index contributed by atoms with van der Waals surface area (Å²) >= 11 is 6.34. The number of halogens is 2. The normalized spacial score (nSPS) is 20.0. The van der Waals surface area contributed by atoms with Crippen molar-refractivity contribution < 1.29 is 18.8 Å². The third-order valence-electron chi connectivity index (χ3n) is 9.47. The fourth-order valence-electron chi connectivity index (χ4n) is 6.93. The Bertz CT molecular complexity index is 2040. The molecule has 4 heterocycles. The van der Waals surface area contributed by atoms with Crippen LogP contribution >= 0.6 is 11.6 Å². The summed E-state index contributed by atoms with van der Waals surface area (Å²) in [7, 11) is 0. The highest BCUT2D eigenvalue weighted by Gasteiger charge is 2.45. The average molecular weight is 697 g/mol. The highest BCUT2D eigenvalue weighted by atomic mass is 35.5. The number of aromatic amines is 1. The SMILES string of the molecule is CC(=O)N1CCN([C@H]2C[C@@H](c3ccc(F)cc3)[C@@H](C(=O)Nc3ccc4[nH]ncc4c3)N(C(=O)/C=C/c3cc(Cl)ccc3-n3cnnn3)C2)CC1. The maximum absolute atomic E-state index is 14.4. The molecular formula is C35H34ClFN10O3. The standard InChI is InChI=1S/C35H34ClFN10O3/c1-22(48)44-12-14-45(15-13-44)29-18-30(23-2-6-27(37)7-3-23)34(35(50)40-28-8-9-31-25(17-28)19-38-41-31)46(20-29)33(49)11-4-24-16-26(36)5-10-32(24)47-21-39-42-43-47/h2-11,16-17,19,21,29-30,34H,12-15,18,20H2,1H3,(H,38,41)(H,40,50)/b11-4+/t29-,30-,34-/m0/s1. The Morgan fingerprint density at radius 1 is 1.02 bits per heavy atom. The average Bonchev–Trinajstić information content (AvgIpc) is 3.83. The Balaban J connectivity index is 1.25. The summed E-state index contributed by atoms with van der Waals surface area (Å²) in [5.74, 6) is -1.62. The number of piperidine rings is 1. The van der Waals surface area contributed by atoms with E-state index in [0.717, 1.165) is 16.5 Å². The van der Waals surface area contributed by atoms with Gasteiger partial charge in [0.15, 0.2) is 0 Å².